The minimum absolute atomic E-state index is 0.131. The van der Waals surface area contributed by atoms with Crippen LogP contribution in [0.4, 0.5) is 30.4 Å². The first-order chi connectivity index (χ1) is 11.9. The zero-order chi connectivity index (χ0) is 17.9. The Kier molecular flexibility index (Phi) is 4.42. The average Bonchev–Trinajstić information content (AvgIpc) is 3.08. The number of nitrogens with one attached hydrogen (secondary N) is 3. The van der Waals surface area contributed by atoms with Crippen molar-refractivity contribution in [1.82, 2.24) is 10.2 Å². The number of benzene rings is 2. The Hall–Kier alpha value is -3.29. The van der Waals surface area contributed by atoms with Gasteiger partial charge in [0.1, 0.15) is 5.82 Å². The Bertz CT molecular complexity index is 861. The fraction of sp³-hybridized carbons (Fsp3) is 0.0588. The molecule has 1 aromatic heterocycles. The molecule has 0 spiro atoms. The number of amides is 1. The molecule has 0 bridgehead atoms. The highest BCUT2D eigenvalue weighted by Crippen LogP contribution is 2.32. The maximum Gasteiger partial charge on any atom is 0.416 e. The average molecular weight is 346 g/mol. The number of hydrogen-bond donors (Lipinski definition) is 3. The summed E-state index contributed by atoms with van der Waals surface area (Å²) in [6, 6.07) is 13.0. The Morgan fingerprint density at radius 1 is 1.04 bits per heavy atom. The third kappa shape index (κ3) is 3.97. The first kappa shape index (κ1) is 16.6. The molecule has 5 nitrogen and oxygen atoms in total. The largest absolute Gasteiger partial charge is 0.416 e. The molecule has 3 rings (SSSR count). The number of carbonyl (C=O) groups excluding carboxylic acids is 1. The van der Waals surface area contributed by atoms with Crippen molar-refractivity contribution in [3.63, 3.8) is 0 Å². The fourth-order valence-electron chi connectivity index (χ4n) is 2.21. The molecule has 128 valence electrons. The predicted octanol–water partition coefficient (Wildman–Crippen LogP) is 4.42. The van der Waals surface area contributed by atoms with Crippen molar-refractivity contribution in [3.8, 4) is 0 Å². The van der Waals surface area contributed by atoms with Crippen LogP contribution in [0.5, 0.6) is 0 Å². The van der Waals surface area contributed by atoms with Gasteiger partial charge >= 0.3 is 6.18 Å². The van der Waals surface area contributed by atoms with E-state index < -0.39 is 17.6 Å². The number of H-pyrrole nitrogens is 1. The lowest BCUT2D eigenvalue weighted by molar-refractivity contribution is -0.137. The summed E-state index contributed by atoms with van der Waals surface area (Å²) < 4.78 is 39.0. The summed E-state index contributed by atoms with van der Waals surface area (Å²) in [6.07, 6.45) is -3.07. The molecular formula is C17H13F3N4O. The van der Waals surface area contributed by atoms with Gasteiger partial charge in [0.25, 0.3) is 5.91 Å². The van der Waals surface area contributed by atoms with Crippen LogP contribution in [-0.2, 0) is 6.18 Å². The highest BCUT2D eigenvalue weighted by atomic mass is 19.4. The van der Waals surface area contributed by atoms with Crippen molar-refractivity contribution >= 4 is 23.1 Å². The fourth-order valence-corrected chi connectivity index (χ4v) is 2.21. The van der Waals surface area contributed by atoms with Gasteiger partial charge in [-0.05, 0) is 30.3 Å². The molecule has 0 aliphatic heterocycles. The van der Waals surface area contributed by atoms with Crippen molar-refractivity contribution in [2.75, 3.05) is 10.6 Å². The molecule has 1 amide bonds. The zero-order valence-corrected chi connectivity index (χ0v) is 12.8. The molecule has 0 saturated heterocycles. The zero-order valence-electron chi connectivity index (χ0n) is 12.8. The van der Waals surface area contributed by atoms with E-state index in [-0.39, 0.29) is 11.3 Å². The van der Waals surface area contributed by atoms with Crippen LogP contribution in [0.2, 0.25) is 0 Å². The summed E-state index contributed by atoms with van der Waals surface area (Å²) >= 11 is 0. The number of alkyl halides is 3. The molecule has 0 radical (unpaired) electrons. The van der Waals surface area contributed by atoms with Gasteiger partial charge in [-0.2, -0.15) is 18.3 Å². The van der Waals surface area contributed by atoms with Crippen molar-refractivity contribution < 1.29 is 18.0 Å². The monoisotopic (exact) mass is 346 g/mol. The molecule has 0 fully saturated rings. The molecule has 0 atom stereocenters. The van der Waals surface area contributed by atoms with Crippen LogP contribution in [-0.4, -0.2) is 16.1 Å². The summed E-state index contributed by atoms with van der Waals surface area (Å²) in [5.41, 5.74) is -0.322. The van der Waals surface area contributed by atoms with E-state index in [2.05, 4.69) is 20.8 Å². The molecule has 3 N–H and O–H groups in total. The van der Waals surface area contributed by atoms with Gasteiger partial charge in [0.2, 0.25) is 0 Å². The molecule has 0 aliphatic carbocycles. The molecule has 1 heterocycles. The van der Waals surface area contributed by atoms with Gasteiger partial charge in [0.05, 0.1) is 23.0 Å². The number of rotatable bonds is 4. The third-order valence-corrected chi connectivity index (χ3v) is 3.39. The quantitative estimate of drug-likeness (QED) is 0.655. The van der Waals surface area contributed by atoms with Crippen LogP contribution < -0.4 is 10.6 Å². The lowest BCUT2D eigenvalue weighted by Crippen LogP contribution is -2.16. The van der Waals surface area contributed by atoms with E-state index in [1.165, 1.54) is 12.3 Å². The molecule has 25 heavy (non-hydrogen) atoms. The number of para-hydroxylation sites is 1. The second-order valence-corrected chi connectivity index (χ2v) is 5.17. The minimum atomic E-state index is -4.55. The van der Waals surface area contributed by atoms with Gasteiger partial charge in [0, 0.05) is 11.8 Å². The number of hydrogen-bond acceptors (Lipinski definition) is 3. The van der Waals surface area contributed by atoms with E-state index in [9.17, 15) is 18.0 Å². The number of aromatic nitrogens is 2. The van der Waals surface area contributed by atoms with E-state index in [1.807, 2.05) is 0 Å². The first-order valence-electron chi connectivity index (χ1n) is 7.27. The van der Waals surface area contributed by atoms with E-state index in [0.717, 1.165) is 12.1 Å². The van der Waals surface area contributed by atoms with E-state index in [1.54, 1.807) is 36.4 Å². The van der Waals surface area contributed by atoms with Crippen LogP contribution in [0.1, 0.15) is 15.9 Å². The van der Waals surface area contributed by atoms with Crippen LogP contribution >= 0.6 is 0 Å². The van der Waals surface area contributed by atoms with E-state index >= 15 is 0 Å². The summed E-state index contributed by atoms with van der Waals surface area (Å²) in [5.74, 6) is -0.201. The van der Waals surface area contributed by atoms with Crippen LogP contribution in [0.25, 0.3) is 0 Å². The summed E-state index contributed by atoms with van der Waals surface area (Å²) in [5, 5.41) is 11.8. The Labute approximate surface area is 140 Å². The summed E-state index contributed by atoms with van der Waals surface area (Å²) in [6.45, 7) is 0. The number of nitrogens with zero attached hydrogens (tertiary/aromatic N) is 1. The number of anilines is 3. The highest BCUT2D eigenvalue weighted by molar-refractivity contribution is 6.08. The van der Waals surface area contributed by atoms with Gasteiger partial charge in [-0.3, -0.25) is 9.89 Å². The highest BCUT2D eigenvalue weighted by Gasteiger charge is 2.32. The van der Waals surface area contributed by atoms with E-state index in [0.29, 0.717) is 11.5 Å². The van der Waals surface area contributed by atoms with Gasteiger partial charge in [-0.15, -0.1) is 0 Å². The lowest BCUT2D eigenvalue weighted by Gasteiger charge is -2.14. The summed E-state index contributed by atoms with van der Waals surface area (Å²) in [7, 11) is 0. The molecule has 0 saturated carbocycles. The number of aromatic amines is 1. The van der Waals surface area contributed by atoms with Gasteiger partial charge in [-0.25, -0.2) is 0 Å². The summed E-state index contributed by atoms with van der Waals surface area (Å²) in [4.78, 5) is 12.5. The van der Waals surface area contributed by atoms with Crippen molar-refractivity contribution in [2.45, 2.75) is 6.18 Å². The topological polar surface area (TPSA) is 69.8 Å². The normalized spacial score (nSPS) is 11.2. The molecule has 2 aromatic carbocycles. The second kappa shape index (κ2) is 6.68. The Morgan fingerprint density at radius 3 is 2.44 bits per heavy atom. The van der Waals surface area contributed by atoms with Crippen LogP contribution in [0.15, 0.2) is 60.8 Å². The maximum absolute atomic E-state index is 13.0. The van der Waals surface area contributed by atoms with Gasteiger partial charge < -0.3 is 10.6 Å². The Balaban J connectivity index is 1.96. The molecule has 0 unspecified atom stereocenters. The SMILES string of the molecule is O=C(Nc1ccccc1)c1cc(C(F)(F)F)ccc1Nc1ccn[nH]1. The Morgan fingerprint density at radius 2 is 1.80 bits per heavy atom. The van der Waals surface area contributed by atoms with Crippen molar-refractivity contribution in [3.05, 3.63) is 71.9 Å². The standard InChI is InChI=1S/C17H13F3N4O/c18-17(19,20)11-6-7-14(23-15-8-9-21-24-15)13(10-11)16(25)22-12-4-2-1-3-5-12/h1-10H,(H,22,25)(H2,21,23,24). The van der Waals surface area contributed by atoms with Crippen molar-refractivity contribution in [1.29, 1.82) is 0 Å². The van der Waals surface area contributed by atoms with Crippen molar-refractivity contribution in [2.24, 2.45) is 0 Å². The van der Waals surface area contributed by atoms with Crippen LogP contribution in [0, 0.1) is 0 Å². The predicted molar refractivity (Wildman–Crippen MR) is 87.7 cm³/mol. The lowest BCUT2D eigenvalue weighted by atomic mass is 10.1. The van der Waals surface area contributed by atoms with Crippen LogP contribution in [0.3, 0.4) is 0 Å². The van der Waals surface area contributed by atoms with E-state index in [4.69, 9.17) is 0 Å². The molecule has 3 aromatic rings. The van der Waals surface area contributed by atoms with Gasteiger partial charge in [-0.1, -0.05) is 18.2 Å². The minimum Gasteiger partial charge on any atom is -0.340 e. The number of carbonyl (C=O) groups is 1. The third-order valence-electron chi connectivity index (χ3n) is 3.39. The second-order valence-electron chi connectivity index (χ2n) is 5.17. The molecular weight excluding hydrogens is 333 g/mol. The maximum atomic E-state index is 13.0. The molecule has 8 heteroatoms. The van der Waals surface area contributed by atoms with Gasteiger partial charge in [0.15, 0.2) is 0 Å². The molecule has 0 aliphatic rings. The number of halogens is 3. The smallest absolute Gasteiger partial charge is 0.340 e. The first-order valence-corrected chi connectivity index (χ1v) is 7.27.